The minimum absolute atomic E-state index is 0.193. The van der Waals surface area contributed by atoms with Gasteiger partial charge in [-0.05, 0) is 42.6 Å². The van der Waals surface area contributed by atoms with Gasteiger partial charge >= 0.3 is 6.18 Å². The zero-order valence-corrected chi connectivity index (χ0v) is 14.0. The van der Waals surface area contributed by atoms with Gasteiger partial charge < -0.3 is 10.1 Å². The summed E-state index contributed by atoms with van der Waals surface area (Å²) >= 11 is 0. The number of ether oxygens (including phenoxy) is 1. The molecule has 7 heteroatoms. The van der Waals surface area contributed by atoms with Crippen LogP contribution in [0.5, 0.6) is 5.88 Å². The highest BCUT2D eigenvalue weighted by Crippen LogP contribution is 2.31. The average molecular weight is 361 g/mol. The molecule has 0 aliphatic carbocycles. The predicted octanol–water partition coefficient (Wildman–Crippen LogP) is 3.74. The topological polar surface area (TPSA) is 57.9 Å². The first kappa shape index (κ1) is 18.2. The summed E-state index contributed by atoms with van der Waals surface area (Å²) in [5.74, 6) is 0.878. The molecule has 2 atom stereocenters. The summed E-state index contributed by atoms with van der Waals surface area (Å²) in [6.07, 6.45) is -2.85. The number of pyridine rings is 1. The van der Waals surface area contributed by atoms with Crippen molar-refractivity contribution in [1.29, 1.82) is 5.26 Å². The van der Waals surface area contributed by atoms with Gasteiger partial charge in [0.15, 0.2) is 0 Å². The molecule has 1 saturated heterocycles. The fourth-order valence-corrected chi connectivity index (χ4v) is 3.18. The second-order valence-electron chi connectivity index (χ2n) is 6.28. The van der Waals surface area contributed by atoms with Crippen LogP contribution in [0.3, 0.4) is 0 Å². The molecule has 0 bridgehead atoms. The molecule has 0 amide bonds. The number of nitriles is 1. The van der Waals surface area contributed by atoms with Crippen LogP contribution in [-0.2, 0) is 6.18 Å². The van der Waals surface area contributed by atoms with E-state index in [-0.39, 0.29) is 5.88 Å². The molecule has 3 rings (SSSR count). The first-order valence-electron chi connectivity index (χ1n) is 8.34. The summed E-state index contributed by atoms with van der Waals surface area (Å²) in [6.45, 7) is 2.10. The molecule has 1 N–H and O–H groups in total. The number of halogens is 3. The summed E-state index contributed by atoms with van der Waals surface area (Å²) in [5, 5.41) is 12.2. The minimum atomic E-state index is -4.39. The maximum Gasteiger partial charge on any atom is 0.417 e. The molecule has 0 radical (unpaired) electrons. The molecule has 1 aromatic heterocycles. The van der Waals surface area contributed by atoms with Crippen LogP contribution in [0.25, 0.3) is 0 Å². The zero-order chi connectivity index (χ0) is 18.6. The Morgan fingerprint density at radius 2 is 1.92 bits per heavy atom. The van der Waals surface area contributed by atoms with Crippen molar-refractivity contribution in [3.8, 4) is 11.9 Å². The fraction of sp³-hybridized carbons (Fsp3) is 0.368. The van der Waals surface area contributed by atoms with E-state index in [4.69, 9.17) is 10.00 Å². The third kappa shape index (κ3) is 4.33. The zero-order valence-electron chi connectivity index (χ0n) is 14.0. The Morgan fingerprint density at radius 3 is 2.54 bits per heavy atom. The van der Waals surface area contributed by atoms with Gasteiger partial charge in [0.25, 0.3) is 0 Å². The van der Waals surface area contributed by atoms with E-state index in [0.717, 1.165) is 31.8 Å². The van der Waals surface area contributed by atoms with Gasteiger partial charge in [0.2, 0.25) is 5.88 Å². The number of hydrogen-bond acceptors (Lipinski definition) is 4. The van der Waals surface area contributed by atoms with E-state index in [9.17, 15) is 13.2 Å². The molecule has 2 aromatic rings. The first-order chi connectivity index (χ1) is 12.5. The molecule has 2 heterocycles. The van der Waals surface area contributed by atoms with Gasteiger partial charge in [-0.3, -0.25) is 0 Å². The van der Waals surface area contributed by atoms with Crippen molar-refractivity contribution < 1.29 is 17.9 Å². The Kier molecular flexibility index (Phi) is 5.43. The molecule has 0 spiro atoms. The third-order valence-electron chi connectivity index (χ3n) is 4.61. The summed E-state index contributed by atoms with van der Waals surface area (Å²) in [4.78, 5) is 3.72. The highest BCUT2D eigenvalue weighted by atomic mass is 19.4. The number of rotatable bonds is 5. The van der Waals surface area contributed by atoms with Crippen LogP contribution in [-0.4, -0.2) is 24.7 Å². The Bertz CT molecular complexity index is 767. The van der Waals surface area contributed by atoms with Gasteiger partial charge in [-0.15, -0.1) is 0 Å². The van der Waals surface area contributed by atoms with Gasteiger partial charge in [0, 0.05) is 24.7 Å². The number of nitrogens with zero attached hydrogens (tertiary/aromatic N) is 2. The molecule has 4 nitrogen and oxygen atoms in total. The lowest BCUT2D eigenvalue weighted by molar-refractivity contribution is -0.137. The van der Waals surface area contributed by atoms with Gasteiger partial charge in [-0.1, -0.05) is 12.1 Å². The fourth-order valence-electron chi connectivity index (χ4n) is 3.18. The SMILES string of the molecule is N#Cc1ccc([C@H]2CNC[C@H]2CCOc2ccc(C(F)(F)F)cn2)cc1. The number of aromatic nitrogens is 1. The maximum atomic E-state index is 12.5. The molecule has 0 unspecified atom stereocenters. The highest BCUT2D eigenvalue weighted by Gasteiger charge is 2.31. The van der Waals surface area contributed by atoms with E-state index in [0.29, 0.717) is 24.0 Å². The monoisotopic (exact) mass is 361 g/mol. The van der Waals surface area contributed by atoms with Gasteiger partial charge in [0.05, 0.1) is 23.8 Å². The van der Waals surface area contributed by atoms with Crippen LogP contribution in [0.15, 0.2) is 42.6 Å². The average Bonchev–Trinajstić information content (AvgIpc) is 3.10. The number of hydrogen-bond donors (Lipinski definition) is 1. The molecular formula is C19H18F3N3O. The van der Waals surface area contributed by atoms with E-state index in [1.165, 1.54) is 11.6 Å². The maximum absolute atomic E-state index is 12.5. The lowest BCUT2D eigenvalue weighted by Gasteiger charge is -2.19. The second kappa shape index (κ2) is 7.75. The van der Waals surface area contributed by atoms with Crippen molar-refractivity contribution in [3.05, 3.63) is 59.3 Å². The molecule has 26 heavy (non-hydrogen) atoms. The van der Waals surface area contributed by atoms with Crippen LogP contribution in [0.2, 0.25) is 0 Å². The largest absolute Gasteiger partial charge is 0.478 e. The summed E-state index contributed by atoms with van der Waals surface area (Å²) in [7, 11) is 0. The first-order valence-corrected chi connectivity index (χ1v) is 8.34. The third-order valence-corrected chi connectivity index (χ3v) is 4.61. The highest BCUT2D eigenvalue weighted by molar-refractivity contribution is 5.34. The Labute approximate surface area is 149 Å². The van der Waals surface area contributed by atoms with Crippen molar-refractivity contribution in [1.82, 2.24) is 10.3 Å². The minimum Gasteiger partial charge on any atom is -0.478 e. The van der Waals surface area contributed by atoms with Crippen molar-refractivity contribution in [2.24, 2.45) is 5.92 Å². The van der Waals surface area contributed by atoms with Crippen molar-refractivity contribution in [2.45, 2.75) is 18.5 Å². The van der Waals surface area contributed by atoms with Gasteiger partial charge in [-0.2, -0.15) is 18.4 Å². The predicted molar refractivity (Wildman–Crippen MR) is 89.6 cm³/mol. The van der Waals surface area contributed by atoms with Crippen LogP contribution >= 0.6 is 0 Å². The lowest BCUT2D eigenvalue weighted by Crippen LogP contribution is -2.15. The van der Waals surface area contributed by atoms with E-state index in [1.54, 1.807) is 0 Å². The number of alkyl halides is 3. The van der Waals surface area contributed by atoms with Crippen LogP contribution in [0, 0.1) is 17.2 Å². The van der Waals surface area contributed by atoms with Crippen molar-refractivity contribution >= 4 is 0 Å². The number of benzene rings is 1. The van der Waals surface area contributed by atoms with E-state index in [1.807, 2.05) is 24.3 Å². The van der Waals surface area contributed by atoms with E-state index < -0.39 is 11.7 Å². The van der Waals surface area contributed by atoms with Gasteiger partial charge in [-0.25, -0.2) is 4.98 Å². The molecule has 1 fully saturated rings. The smallest absolute Gasteiger partial charge is 0.417 e. The van der Waals surface area contributed by atoms with Crippen LogP contribution < -0.4 is 10.1 Å². The Morgan fingerprint density at radius 1 is 1.15 bits per heavy atom. The standard InChI is InChI=1S/C19H18F3N3O/c20-19(21,22)16-5-6-18(25-11-16)26-8-7-15-10-24-12-17(15)14-3-1-13(9-23)2-4-14/h1-6,11,15,17,24H,7-8,10,12H2/t15-,17-/m1/s1. The Hall–Kier alpha value is -2.59. The lowest BCUT2D eigenvalue weighted by atomic mass is 9.87. The molecule has 136 valence electrons. The molecule has 1 aromatic carbocycles. The van der Waals surface area contributed by atoms with Crippen molar-refractivity contribution in [3.63, 3.8) is 0 Å². The van der Waals surface area contributed by atoms with E-state index >= 15 is 0 Å². The molecule has 0 saturated carbocycles. The molecule has 1 aliphatic rings. The summed E-state index contributed by atoms with van der Waals surface area (Å²) in [6, 6.07) is 11.9. The van der Waals surface area contributed by atoms with Crippen LogP contribution in [0.1, 0.15) is 29.0 Å². The molecular weight excluding hydrogens is 343 g/mol. The van der Waals surface area contributed by atoms with Crippen LogP contribution in [0.4, 0.5) is 13.2 Å². The van der Waals surface area contributed by atoms with Crippen molar-refractivity contribution in [2.75, 3.05) is 19.7 Å². The molecule has 1 aliphatic heterocycles. The van der Waals surface area contributed by atoms with E-state index in [2.05, 4.69) is 16.4 Å². The Balaban J connectivity index is 1.54. The second-order valence-corrected chi connectivity index (χ2v) is 6.28. The van der Waals surface area contributed by atoms with Gasteiger partial charge in [0.1, 0.15) is 0 Å². The summed E-state index contributed by atoms with van der Waals surface area (Å²) in [5.41, 5.74) is 1.02. The quantitative estimate of drug-likeness (QED) is 0.881. The summed E-state index contributed by atoms with van der Waals surface area (Å²) < 4.78 is 43.1. The normalized spacial score (nSPS) is 19.9. The number of nitrogens with one attached hydrogen (secondary N) is 1.